The summed E-state index contributed by atoms with van der Waals surface area (Å²) >= 11 is 0. The van der Waals surface area contributed by atoms with Crippen LogP contribution in [0.4, 0.5) is 5.69 Å². The lowest BCUT2D eigenvalue weighted by Crippen LogP contribution is -2.44. The molecule has 0 bridgehead atoms. The zero-order chi connectivity index (χ0) is 13.0. The fourth-order valence-corrected chi connectivity index (χ4v) is 2.48. The summed E-state index contributed by atoms with van der Waals surface area (Å²) in [5, 5.41) is 0. The Balaban J connectivity index is 2.96. The third kappa shape index (κ3) is 3.47. The van der Waals surface area contributed by atoms with Gasteiger partial charge in [-0.15, -0.1) is 0 Å². The summed E-state index contributed by atoms with van der Waals surface area (Å²) in [5.41, 5.74) is 10.0. The van der Waals surface area contributed by atoms with Crippen LogP contribution in [0.1, 0.15) is 37.8 Å². The van der Waals surface area contributed by atoms with Gasteiger partial charge in [0.25, 0.3) is 0 Å². The van der Waals surface area contributed by atoms with Gasteiger partial charge >= 0.3 is 0 Å². The van der Waals surface area contributed by atoms with E-state index < -0.39 is 0 Å². The van der Waals surface area contributed by atoms with Crippen LogP contribution in [0.3, 0.4) is 0 Å². The Bertz CT molecular complexity index is 358. The Kier molecular flexibility index (Phi) is 5.01. The molecule has 0 amide bonds. The first kappa shape index (κ1) is 14.0. The Hall–Kier alpha value is -1.02. The predicted molar refractivity (Wildman–Crippen MR) is 76.7 cm³/mol. The van der Waals surface area contributed by atoms with Crippen LogP contribution >= 0.6 is 0 Å². The fraction of sp³-hybridized carbons (Fsp3) is 0.600. The van der Waals surface area contributed by atoms with E-state index in [-0.39, 0.29) is 6.04 Å². The molecule has 2 heteroatoms. The molecule has 0 spiro atoms. The van der Waals surface area contributed by atoms with E-state index in [1.54, 1.807) is 0 Å². The number of hydrogen-bond donors (Lipinski definition) is 1. The van der Waals surface area contributed by atoms with Crippen LogP contribution in [0.5, 0.6) is 0 Å². The quantitative estimate of drug-likeness (QED) is 0.847. The van der Waals surface area contributed by atoms with E-state index in [0.29, 0.717) is 6.04 Å². The summed E-state index contributed by atoms with van der Waals surface area (Å²) in [6, 6.07) is 7.22. The number of aryl methyl sites for hydroxylation is 2. The van der Waals surface area contributed by atoms with E-state index in [4.69, 9.17) is 5.73 Å². The SMILES string of the molecule is CCCC(C(C)N)N(C)c1ccc(C)cc1C. The number of anilines is 1. The molecule has 17 heavy (non-hydrogen) atoms. The van der Waals surface area contributed by atoms with Crippen molar-refractivity contribution < 1.29 is 0 Å². The second-order valence-corrected chi connectivity index (χ2v) is 5.12. The van der Waals surface area contributed by atoms with E-state index in [1.165, 1.54) is 23.2 Å². The molecular weight excluding hydrogens is 208 g/mol. The van der Waals surface area contributed by atoms with Gasteiger partial charge in [0.05, 0.1) is 0 Å². The number of hydrogen-bond acceptors (Lipinski definition) is 2. The highest BCUT2D eigenvalue weighted by molar-refractivity contribution is 5.54. The average Bonchev–Trinajstić information content (AvgIpc) is 2.24. The second-order valence-electron chi connectivity index (χ2n) is 5.12. The minimum absolute atomic E-state index is 0.195. The van der Waals surface area contributed by atoms with Crippen LogP contribution in [0.25, 0.3) is 0 Å². The molecule has 0 aliphatic heterocycles. The van der Waals surface area contributed by atoms with Gasteiger partial charge in [0.1, 0.15) is 0 Å². The molecule has 1 rings (SSSR count). The van der Waals surface area contributed by atoms with Gasteiger partial charge in [0.2, 0.25) is 0 Å². The topological polar surface area (TPSA) is 29.3 Å². The number of rotatable bonds is 5. The summed E-state index contributed by atoms with van der Waals surface area (Å²) in [7, 11) is 2.15. The molecule has 2 N–H and O–H groups in total. The van der Waals surface area contributed by atoms with Crippen LogP contribution in [0, 0.1) is 13.8 Å². The zero-order valence-corrected chi connectivity index (χ0v) is 11.8. The fourth-order valence-electron chi connectivity index (χ4n) is 2.48. The molecule has 2 nitrogen and oxygen atoms in total. The Morgan fingerprint density at radius 3 is 2.41 bits per heavy atom. The summed E-state index contributed by atoms with van der Waals surface area (Å²) in [6.07, 6.45) is 2.31. The highest BCUT2D eigenvalue weighted by Gasteiger charge is 2.19. The molecule has 0 aromatic heterocycles. The highest BCUT2D eigenvalue weighted by Crippen LogP contribution is 2.24. The first-order valence-electron chi connectivity index (χ1n) is 6.53. The van der Waals surface area contributed by atoms with Crippen LogP contribution in [-0.4, -0.2) is 19.1 Å². The van der Waals surface area contributed by atoms with Crippen LogP contribution in [0.15, 0.2) is 18.2 Å². The molecule has 0 saturated heterocycles. The van der Waals surface area contributed by atoms with Crippen molar-refractivity contribution in [2.75, 3.05) is 11.9 Å². The lowest BCUT2D eigenvalue weighted by atomic mass is 10.0. The van der Waals surface area contributed by atoms with Crippen molar-refractivity contribution in [3.63, 3.8) is 0 Å². The summed E-state index contributed by atoms with van der Waals surface area (Å²) in [5.74, 6) is 0. The van der Waals surface area contributed by atoms with Crippen molar-refractivity contribution in [1.29, 1.82) is 0 Å². The van der Waals surface area contributed by atoms with Gasteiger partial charge in [-0.25, -0.2) is 0 Å². The molecule has 0 saturated carbocycles. The molecule has 1 aromatic carbocycles. The lowest BCUT2D eigenvalue weighted by Gasteiger charge is -2.34. The normalized spacial score (nSPS) is 14.5. The van der Waals surface area contributed by atoms with E-state index in [9.17, 15) is 0 Å². The Labute approximate surface area is 106 Å². The number of nitrogens with zero attached hydrogens (tertiary/aromatic N) is 1. The van der Waals surface area contributed by atoms with Gasteiger partial charge in [0, 0.05) is 24.8 Å². The number of nitrogens with two attached hydrogens (primary N) is 1. The van der Waals surface area contributed by atoms with E-state index >= 15 is 0 Å². The standard InChI is InChI=1S/C15H26N2/c1-6-7-15(13(4)16)17(5)14-9-8-11(2)10-12(14)3/h8-10,13,15H,6-7,16H2,1-5H3. The van der Waals surface area contributed by atoms with Crippen molar-refractivity contribution in [3.05, 3.63) is 29.3 Å². The second kappa shape index (κ2) is 6.06. The van der Waals surface area contributed by atoms with Crippen molar-refractivity contribution in [1.82, 2.24) is 0 Å². The maximum absolute atomic E-state index is 6.10. The minimum atomic E-state index is 0.195. The van der Waals surface area contributed by atoms with Gasteiger partial charge in [-0.05, 0) is 38.8 Å². The minimum Gasteiger partial charge on any atom is -0.370 e. The molecule has 96 valence electrons. The van der Waals surface area contributed by atoms with E-state index in [1.807, 2.05) is 0 Å². The Morgan fingerprint density at radius 1 is 1.29 bits per heavy atom. The van der Waals surface area contributed by atoms with Crippen molar-refractivity contribution >= 4 is 5.69 Å². The summed E-state index contributed by atoms with van der Waals surface area (Å²) in [6.45, 7) is 8.61. The van der Waals surface area contributed by atoms with Gasteiger partial charge in [-0.2, -0.15) is 0 Å². The van der Waals surface area contributed by atoms with Crippen molar-refractivity contribution in [2.45, 2.75) is 52.6 Å². The molecule has 0 radical (unpaired) electrons. The monoisotopic (exact) mass is 234 g/mol. The molecule has 0 heterocycles. The predicted octanol–water partition coefficient (Wildman–Crippen LogP) is 3.26. The lowest BCUT2D eigenvalue weighted by molar-refractivity contribution is 0.495. The first-order valence-corrected chi connectivity index (χ1v) is 6.53. The number of benzene rings is 1. The van der Waals surface area contributed by atoms with Crippen molar-refractivity contribution in [3.8, 4) is 0 Å². The third-order valence-corrected chi connectivity index (χ3v) is 3.42. The molecule has 2 unspecified atom stereocenters. The maximum atomic E-state index is 6.10. The zero-order valence-electron chi connectivity index (χ0n) is 11.8. The smallest absolute Gasteiger partial charge is 0.0435 e. The van der Waals surface area contributed by atoms with Crippen molar-refractivity contribution in [2.24, 2.45) is 5.73 Å². The highest BCUT2D eigenvalue weighted by atomic mass is 15.2. The van der Waals surface area contributed by atoms with E-state index in [2.05, 4.69) is 57.8 Å². The molecule has 1 aromatic rings. The maximum Gasteiger partial charge on any atom is 0.0435 e. The van der Waals surface area contributed by atoms with Gasteiger partial charge in [0.15, 0.2) is 0 Å². The van der Waals surface area contributed by atoms with Gasteiger partial charge in [-0.3, -0.25) is 0 Å². The van der Waals surface area contributed by atoms with Crippen LogP contribution < -0.4 is 10.6 Å². The summed E-state index contributed by atoms with van der Waals surface area (Å²) in [4.78, 5) is 2.34. The molecule has 0 aliphatic carbocycles. The van der Waals surface area contributed by atoms with E-state index in [0.717, 1.165) is 6.42 Å². The molecule has 2 atom stereocenters. The van der Waals surface area contributed by atoms with Gasteiger partial charge < -0.3 is 10.6 Å². The average molecular weight is 234 g/mol. The van der Waals surface area contributed by atoms with Crippen LogP contribution in [-0.2, 0) is 0 Å². The largest absolute Gasteiger partial charge is 0.370 e. The summed E-state index contributed by atoms with van der Waals surface area (Å²) < 4.78 is 0. The number of likely N-dealkylation sites (N-methyl/N-ethyl adjacent to an activating group) is 1. The molecule has 0 aliphatic rings. The third-order valence-electron chi connectivity index (χ3n) is 3.42. The molecule has 0 fully saturated rings. The molecular formula is C15H26N2. The van der Waals surface area contributed by atoms with Crippen LogP contribution in [0.2, 0.25) is 0 Å². The first-order chi connectivity index (χ1) is 7.97. The Morgan fingerprint density at radius 2 is 1.94 bits per heavy atom. The van der Waals surface area contributed by atoms with Gasteiger partial charge in [-0.1, -0.05) is 31.0 Å².